The molecular formula is C24H44BrN. The van der Waals surface area contributed by atoms with Crippen LogP contribution in [0.2, 0.25) is 0 Å². The van der Waals surface area contributed by atoms with Gasteiger partial charge in [0.1, 0.15) is 6.54 Å². The van der Waals surface area contributed by atoms with Gasteiger partial charge < -0.3 is 17.0 Å². The molecule has 0 aliphatic rings. The van der Waals surface area contributed by atoms with Crippen molar-refractivity contribution in [3.8, 4) is 0 Å². The maximum absolute atomic E-state index is 2.30. The lowest BCUT2D eigenvalue weighted by atomic mass is 10.0. The van der Waals surface area contributed by atoms with Crippen LogP contribution in [0.15, 0.2) is 24.5 Å². The molecule has 0 atom stereocenters. The number of aryl methyl sites for hydroxylation is 2. The average molecular weight is 427 g/mol. The van der Waals surface area contributed by atoms with Gasteiger partial charge >= 0.3 is 0 Å². The Morgan fingerprint density at radius 1 is 0.577 bits per heavy atom. The van der Waals surface area contributed by atoms with Crippen LogP contribution in [0.4, 0.5) is 0 Å². The minimum absolute atomic E-state index is 0. The van der Waals surface area contributed by atoms with Gasteiger partial charge in [0, 0.05) is 12.1 Å². The molecule has 0 aliphatic carbocycles. The Balaban J connectivity index is 0.00000625. The monoisotopic (exact) mass is 425 g/mol. The van der Waals surface area contributed by atoms with Gasteiger partial charge in [0.05, 0.1) is 0 Å². The molecule has 0 radical (unpaired) electrons. The average Bonchev–Trinajstić information content (AvgIpc) is 2.65. The number of pyridine rings is 1. The van der Waals surface area contributed by atoms with Crippen LogP contribution in [0.5, 0.6) is 0 Å². The molecule has 0 saturated carbocycles. The zero-order valence-corrected chi connectivity index (χ0v) is 19.2. The molecule has 1 rings (SSSR count). The summed E-state index contributed by atoms with van der Waals surface area (Å²) in [4.78, 5) is 0. The van der Waals surface area contributed by atoms with Crippen LogP contribution >= 0.6 is 0 Å². The summed E-state index contributed by atoms with van der Waals surface area (Å²) >= 11 is 0. The van der Waals surface area contributed by atoms with Crippen molar-refractivity contribution in [1.82, 2.24) is 0 Å². The van der Waals surface area contributed by atoms with Gasteiger partial charge in [-0.05, 0) is 25.3 Å². The van der Waals surface area contributed by atoms with Crippen molar-refractivity contribution in [3.05, 3.63) is 30.1 Å². The van der Waals surface area contributed by atoms with Crippen LogP contribution in [0.25, 0.3) is 0 Å². The normalized spacial score (nSPS) is 10.7. The molecule has 0 bridgehead atoms. The molecule has 1 aromatic rings. The molecule has 0 saturated heterocycles. The number of aromatic nitrogens is 1. The number of halogens is 1. The molecule has 0 spiro atoms. The van der Waals surface area contributed by atoms with E-state index in [1.165, 1.54) is 108 Å². The highest BCUT2D eigenvalue weighted by atomic mass is 79.9. The highest BCUT2D eigenvalue weighted by Gasteiger charge is 1.98. The molecule has 1 heterocycles. The molecule has 1 nitrogen and oxygen atoms in total. The Kier molecular flexibility index (Phi) is 19.1. The lowest BCUT2D eigenvalue weighted by Crippen LogP contribution is -3.00. The zero-order valence-electron chi connectivity index (χ0n) is 17.7. The third kappa shape index (κ3) is 14.8. The van der Waals surface area contributed by atoms with Crippen molar-refractivity contribution in [3.63, 3.8) is 0 Å². The Bertz CT molecular complexity index is 388. The second kappa shape index (κ2) is 19.4. The topological polar surface area (TPSA) is 3.88 Å². The first-order valence-corrected chi connectivity index (χ1v) is 11.3. The fourth-order valence-corrected chi connectivity index (χ4v) is 3.57. The van der Waals surface area contributed by atoms with Gasteiger partial charge in [-0.1, -0.05) is 96.8 Å². The molecular weight excluding hydrogens is 382 g/mol. The molecule has 1 aromatic heterocycles. The quantitative estimate of drug-likeness (QED) is 0.257. The van der Waals surface area contributed by atoms with Crippen LogP contribution in [0.1, 0.15) is 116 Å². The highest BCUT2D eigenvalue weighted by molar-refractivity contribution is 5.07. The summed E-state index contributed by atoms with van der Waals surface area (Å²) in [6.45, 7) is 5.55. The van der Waals surface area contributed by atoms with Crippen LogP contribution in [0.3, 0.4) is 0 Å². The predicted octanol–water partition coefficient (Wildman–Crippen LogP) is 4.41. The standard InChI is InChI=1S/C24H44N.BrH/c1-3-5-6-7-8-9-10-11-12-13-14-15-16-17-18-19-24-20-22-25(4-2)23-21-24;/h20-23H,3-19H2,1-2H3;1H/q+1;/p-1. The Morgan fingerprint density at radius 2 is 0.962 bits per heavy atom. The molecule has 0 amide bonds. The van der Waals surface area contributed by atoms with Crippen molar-refractivity contribution in [1.29, 1.82) is 0 Å². The number of nitrogens with zero attached hydrogens (tertiary/aromatic N) is 1. The van der Waals surface area contributed by atoms with Gasteiger partial charge in [0.25, 0.3) is 0 Å². The number of hydrogen-bond donors (Lipinski definition) is 0. The molecule has 0 aromatic carbocycles. The number of unbranched alkanes of at least 4 members (excludes halogenated alkanes) is 14. The van der Waals surface area contributed by atoms with Gasteiger partial charge in [0.15, 0.2) is 12.4 Å². The van der Waals surface area contributed by atoms with Gasteiger partial charge in [-0.15, -0.1) is 0 Å². The van der Waals surface area contributed by atoms with E-state index >= 15 is 0 Å². The third-order valence-electron chi connectivity index (χ3n) is 5.39. The Labute approximate surface area is 174 Å². The van der Waals surface area contributed by atoms with Crippen LogP contribution in [0, 0.1) is 0 Å². The second-order valence-corrected chi connectivity index (χ2v) is 7.74. The lowest BCUT2D eigenvalue weighted by molar-refractivity contribution is -0.693. The first-order chi connectivity index (χ1) is 12.4. The minimum atomic E-state index is 0. The van der Waals surface area contributed by atoms with E-state index in [9.17, 15) is 0 Å². The number of rotatable bonds is 17. The van der Waals surface area contributed by atoms with Crippen molar-refractivity contribution < 1.29 is 21.5 Å². The summed E-state index contributed by atoms with van der Waals surface area (Å²) in [5.74, 6) is 0. The predicted molar refractivity (Wildman–Crippen MR) is 111 cm³/mol. The van der Waals surface area contributed by atoms with E-state index in [1.807, 2.05) is 0 Å². The smallest absolute Gasteiger partial charge is 0.169 e. The minimum Gasteiger partial charge on any atom is -1.00 e. The van der Waals surface area contributed by atoms with Gasteiger partial charge in [0.2, 0.25) is 0 Å². The van der Waals surface area contributed by atoms with Crippen molar-refractivity contribution >= 4 is 0 Å². The molecule has 26 heavy (non-hydrogen) atoms. The summed E-state index contributed by atoms with van der Waals surface area (Å²) in [6, 6.07) is 4.57. The summed E-state index contributed by atoms with van der Waals surface area (Å²) in [7, 11) is 0. The summed E-state index contributed by atoms with van der Waals surface area (Å²) in [6.07, 6.45) is 27.3. The maximum Gasteiger partial charge on any atom is 0.169 e. The largest absolute Gasteiger partial charge is 1.00 e. The molecule has 0 aliphatic heterocycles. The maximum atomic E-state index is 2.30. The van der Waals surface area contributed by atoms with E-state index in [1.54, 1.807) is 0 Å². The third-order valence-corrected chi connectivity index (χ3v) is 5.39. The second-order valence-electron chi connectivity index (χ2n) is 7.74. The van der Waals surface area contributed by atoms with Gasteiger partial charge in [-0.25, -0.2) is 4.57 Å². The molecule has 0 unspecified atom stereocenters. The Morgan fingerprint density at radius 3 is 1.35 bits per heavy atom. The van der Waals surface area contributed by atoms with Crippen molar-refractivity contribution in [2.24, 2.45) is 0 Å². The van der Waals surface area contributed by atoms with E-state index in [-0.39, 0.29) is 17.0 Å². The Hall–Kier alpha value is -0.370. The first kappa shape index (κ1) is 25.6. The van der Waals surface area contributed by atoms with Gasteiger partial charge in [-0.3, -0.25) is 0 Å². The number of hydrogen-bond acceptors (Lipinski definition) is 0. The first-order valence-electron chi connectivity index (χ1n) is 11.3. The van der Waals surface area contributed by atoms with E-state index in [4.69, 9.17) is 0 Å². The fraction of sp³-hybridized carbons (Fsp3) is 0.792. The van der Waals surface area contributed by atoms with E-state index in [2.05, 4.69) is 42.9 Å². The summed E-state index contributed by atoms with van der Waals surface area (Å²) < 4.78 is 2.23. The summed E-state index contributed by atoms with van der Waals surface area (Å²) in [5, 5.41) is 0. The highest BCUT2D eigenvalue weighted by Crippen LogP contribution is 2.14. The van der Waals surface area contributed by atoms with Crippen LogP contribution in [-0.4, -0.2) is 0 Å². The van der Waals surface area contributed by atoms with Crippen molar-refractivity contribution in [2.75, 3.05) is 0 Å². The molecule has 0 N–H and O–H groups in total. The van der Waals surface area contributed by atoms with Crippen LogP contribution in [-0.2, 0) is 13.0 Å². The fourth-order valence-electron chi connectivity index (χ4n) is 3.57. The van der Waals surface area contributed by atoms with E-state index in [0.717, 1.165) is 6.54 Å². The molecule has 2 heteroatoms. The SMILES string of the molecule is CCCCCCCCCCCCCCCCCc1cc[n+](CC)cc1.[Br-]. The molecule has 152 valence electrons. The zero-order chi connectivity index (χ0) is 18.0. The van der Waals surface area contributed by atoms with Crippen molar-refractivity contribution in [2.45, 2.75) is 123 Å². The van der Waals surface area contributed by atoms with E-state index in [0.29, 0.717) is 0 Å². The lowest BCUT2D eigenvalue weighted by Gasteiger charge is -2.04. The van der Waals surface area contributed by atoms with E-state index < -0.39 is 0 Å². The van der Waals surface area contributed by atoms with Crippen LogP contribution < -0.4 is 21.5 Å². The summed E-state index contributed by atoms with van der Waals surface area (Å²) in [5.41, 5.74) is 1.50. The van der Waals surface area contributed by atoms with Gasteiger partial charge in [-0.2, -0.15) is 0 Å². The molecule has 0 fully saturated rings.